The molecule has 1 aromatic carbocycles. The Balaban J connectivity index is 1.27. The molecule has 1 fully saturated rings. The number of nitrogens with zero attached hydrogens (tertiary/aromatic N) is 1. The van der Waals surface area contributed by atoms with Gasteiger partial charge >= 0.3 is 0 Å². The molecule has 1 unspecified atom stereocenters. The van der Waals surface area contributed by atoms with Crippen molar-refractivity contribution in [3.05, 3.63) is 83.2 Å². The van der Waals surface area contributed by atoms with Crippen LogP contribution >= 0.6 is 0 Å². The zero-order chi connectivity index (χ0) is 20.8. The first-order chi connectivity index (χ1) is 14.7. The highest BCUT2D eigenvalue weighted by Crippen LogP contribution is 2.23. The molecule has 1 aromatic rings. The first-order valence-electron chi connectivity index (χ1n) is 10.1. The molecule has 0 spiro atoms. The second-order valence-corrected chi connectivity index (χ2v) is 7.33. The van der Waals surface area contributed by atoms with E-state index in [1.807, 2.05) is 18.4 Å². The normalized spacial score (nSPS) is 20.2. The SMILES string of the molecule is O=C(CC1C=CC(c2ccc(N3CCOCC3)cc2)=CN1)NCC1=C=C=CC(F)=C1. The molecule has 30 heavy (non-hydrogen) atoms. The fourth-order valence-electron chi connectivity index (χ4n) is 3.52. The molecule has 1 aliphatic carbocycles. The molecule has 1 atom stereocenters. The van der Waals surface area contributed by atoms with Gasteiger partial charge in [-0.3, -0.25) is 4.79 Å². The molecule has 5 nitrogen and oxygen atoms in total. The maximum atomic E-state index is 13.2. The minimum absolute atomic E-state index is 0.0792. The Bertz CT molecular complexity index is 988. The average Bonchev–Trinajstić information content (AvgIpc) is 2.79. The number of dihydropyridines is 1. The maximum Gasteiger partial charge on any atom is 0.222 e. The molecule has 154 valence electrons. The van der Waals surface area contributed by atoms with Crippen LogP contribution in [0.2, 0.25) is 0 Å². The summed E-state index contributed by atoms with van der Waals surface area (Å²) in [6.45, 7) is 3.62. The minimum Gasteiger partial charge on any atom is -0.384 e. The average molecular weight is 405 g/mol. The zero-order valence-corrected chi connectivity index (χ0v) is 16.7. The summed E-state index contributed by atoms with van der Waals surface area (Å²) >= 11 is 0. The lowest BCUT2D eigenvalue weighted by Crippen LogP contribution is -2.36. The molecule has 1 amide bonds. The molecule has 1 saturated heterocycles. The number of ether oxygens (including phenoxy) is 1. The largest absolute Gasteiger partial charge is 0.384 e. The van der Waals surface area contributed by atoms with Gasteiger partial charge in [0.25, 0.3) is 0 Å². The summed E-state index contributed by atoms with van der Waals surface area (Å²) < 4.78 is 18.6. The van der Waals surface area contributed by atoms with Crippen molar-refractivity contribution >= 4 is 17.2 Å². The van der Waals surface area contributed by atoms with Gasteiger partial charge in [-0.25, -0.2) is 4.39 Å². The smallest absolute Gasteiger partial charge is 0.222 e. The Labute approximate surface area is 175 Å². The van der Waals surface area contributed by atoms with Gasteiger partial charge in [-0.05, 0) is 29.3 Å². The molecule has 4 rings (SSSR count). The van der Waals surface area contributed by atoms with E-state index in [4.69, 9.17) is 4.74 Å². The molecule has 2 aliphatic heterocycles. The molecule has 3 aliphatic rings. The van der Waals surface area contributed by atoms with Crippen LogP contribution in [0.25, 0.3) is 5.57 Å². The van der Waals surface area contributed by atoms with Gasteiger partial charge in [0.1, 0.15) is 5.83 Å². The number of morpholine rings is 1. The summed E-state index contributed by atoms with van der Waals surface area (Å²) in [5, 5.41) is 6.06. The predicted octanol–water partition coefficient (Wildman–Crippen LogP) is 3.00. The standard InChI is InChI=1S/C24H24FN3O2/c25-21-3-1-2-18(14-21)16-27-24(29)15-22-7-4-20(17-26-22)19-5-8-23(9-6-19)28-10-12-30-13-11-28/h3-9,14,17,22,26H,10-13,15-16H2,(H,27,29). The molecule has 0 radical (unpaired) electrons. The number of carbonyl (C=O) groups is 1. The minimum atomic E-state index is -0.384. The van der Waals surface area contributed by atoms with Gasteiger partial charge in [-0.1, -0.05) is 35.7 Å². The van der Waals surface area contributed by atoms with Crippen LogP contribution in [-0.2, 0) is 9.53 Å². The lowest BCUT2D eigenvalue weighted by atomic mass is 10.0. The van der Waals surface area contributed by atoms with Gasteiger partial charge in [-0.15, -0.1) is 0 Å². The second kappa shape index (κ2) is 9.47. The van der Waals surface area contributed by atoms with Crippen LogP contribution in [0.15, 0.2) is 77.6 Å². The molecular formula is C24H24FN3O2. The summed E-state index contributed by atoms with van der Waals surface area (Å²) in [6.07, 6.45) is 8.82. The molecule has 2 N–H and O–H groups in total. The van der Waals surface area contributed by atoms with E-state index in [0.717, 1.165) is 37.4 Å². The summed E-state index contributed by atoms with van der Waals surface area (Å²) in [6, 6.07) is 8.42. The van der Waals surface area contributed by atoms with Crippen molar-refractivity contribution in [1.82, 2.24) is 10.6 Å². The fraction of sp³-hybridized carbons (Fsp3) is 0.292. The van der Waals surface area contributed by atoms with Crippen LogP contribution in [0.3, 0.4) is 0 Å². The summed E-state index contributed by atoms with van der Waals surface area (Å²) in [5.41, 5.74) is 9.35. The zero-order valence-electron chi connectivity index (χ0n) is 16.7. The lowest BCUT2D eigenvalue weighted by molar-refractivity contribution is -0.121. The van der Waals surface area contributed by atoms with Crippen LogP contribution in [0, 0.1) is 0 Å². The number of carbonyl (C=O) groups excluding carboxylic acids is 1. The third-order valence-corrected chi connectivity index (χ3v) is 5.17. The fourth-order valence-corrected chi connectivity index (χ4v) is 3.52. The highest BCUT2D eigenvalue weighted by molar-refractivity contribution is 5.79. The van der Waals surface area contributed by atoms with E-state index in [1.54, 1.807) is 0 Å². The summed E-state index contributed by atoms with van der Waals surface area (Å²) in [7, 11) is 0. The first kappa shape index (κ1) is 20.0. The third-order valence-electron chi connectivity index (χ3n) is 5.17. The highest BCUT2D eigenvalue weighted by Gasteiger charge is 2.15. The number of hydrogen-bond donors (Lipinski definition) is 2. The number of amides is 1. The number of anilines is 1. The highest BCUT2D eigenvalue weighted by atomic mass is 19.1. The number of rotatable bonds is 6. The number of halogens is 1. The summed E-state index contributed by atoms with van der Waals surface area (Å²) in [4.78, 5) is 14.5. The predicted molar refractivity (Wildman–Crippen MR) is 115 cm³/mol. The Hall–Kier alpha value is -3.30. The van der Waals surface area contributed by atoms with Gasteiger partial charge in [0.2, 0.25) is 5.91 Å². The monoisotopic (exact) mass is 405 g/mol. The van der Waals surface area contributed by atoms with E-state index in [9.17, 15) is 9.18 Å². The van der Waals surface area contributed by atoms with Crippen molar-refractivity contribution in [3.8, 4) is 0 Å². The van der Waals surface area contributed by atoms with Crippen LogP contribution in [0.1, 0.15) is 12.0 Å². The number of benzene rings is 1. The van der Waals surface area contributed by atoms with Gasteiger partial charge in [0.15, 0.2) is 0 Å². The first-order valence-corrected chi connectivity index (χ1v) is 10.1. The third kappa shape index (κ3) is 5.19. The lowest BCUT2D eigenvalue weighted by Gasteiger charge is -2.29. The van der Waals surface area contributed by atoms with Gasteiger partial charge in [-0.2, -0.15) is 0 Å². The second-order valence-electron chi connectivity index (χ2n) is 7.33. The van der Waals surface area contributed by atoms with E-state index < -0.39 is 0 Å². The molecule has 2 heterocycles. The van der Waals surface area contributed by atoms with Crippen LogP contribution in [-0.4, -0.2) is 44.8 Å². The maximum absolute atomic E-state index is 13.2. The van der Waals surface area contributed by atoms with E-state index >= 15 is 0 Å². The van der Waals surface area contributed by atoms with Crippen LogP contribution < -0.4 is 15.5 Å². The van der Waals surface area contributed by atoms with Crippen LogP contribution in [0.5, 0.6) is 0 Å². The van der Waals surface area contributed by atoms with E-state index in [-0.39, 0.29) is 24.3 Å². The number of hydrogen-bond acceptors (Lipinski definition) is 4. The molecule has 0 aromatic heterocycles. The number of allylic oxidation sites excluding steroid dienone is 4. The van der Waals surface area contributed by atoms with Gasteiger partial charge in [0.05, 0.1) is 32.2 Å². The van der Waals surface area contributed by atoms with Gasteiger partial charge in [0, 0.05) is 36.6 Å². The molecular weight excluding hydrogens is 381 g/mol. The van der Waals surface area contributed by atoms with Crippen LogP contribution in [0.4, 0.5) is 10.1 Å². The number of nitrogens with one attached hydrogen (secondary N) is 2. The summed E-state index contributed by atoms with van der Waals surface area (Å²) in [5.74, 6) is -0.493. The van der Waals surface area contributed by atoms with Crippen molar-refractivity contribution in [2.75, 3.05) is 37.7 Å². The molecule has 0 saturated carbocycles. The van der Waals surface area contributed by atoms with E-state index in [1.165, 1.54) is 17.8 Å². The van der Waals surface area contributed by atoms with Crippen molar-refractivity contribution in [3.63, 3.8) is 0 Å². The van der Waals surface area contributed by atoms with E-state index in [0.29, 0.717) is 12.0 Å². The van der Waals surface area contributed by atoms with E-state index in [2.05, 4.69) is 51.3 Å². The molecule has 6 heteroatoms. The Kier molecular flexibility index (Phi) is 6.31. The molecule has 0 bridgehead atoms. The Morgan fingerprint density at radius 3 is 2.77 bits per heavy atom. The Morgan fingerprint density at radius 2 is 2.07 bits per heavy atom. The van der Waals surface area contributed by atoms with Crippen molar-refractivity contribution in [2.45, 2.75) is 12.5 Å². The quantitative estimate of drug-likeness (QED) is 0.715. The topological polar surface area (TPSA) is 53.6 Å². The van der Waals surface area contributed by atoms with Crippen molar-refractivity contribution in [2.24, 2.45) is 0 Å². The Morgan fingerprint density at radius 1 is 1.27 bits per heavy atom. The van der Waals surface area contributed by atoms with Crippen molar-refractivity contribution < 1.29 is 13.9 Å². The van der Waals surface area contributed by atoms with Gasteiger partial charge < -0.3 is 20.3 Å². The van der Waals surface area contributed by atoms with Crippen molar-refractivity contribution in [1.29, 1.82) is 0 Å².